The van der Waals surface area contributed by atoms with Gasteiger partial charge in [-0.3, -0.25) is 14.3 Å². The van der Waals surface area contributed by atoms with Crippen LogP contribution in [0.5, 0.6) is 0 Å². The molecule has 0 unspecified atom stereocenters. The third kappa shape index (κ3) is 2.09. The van der Waals surface area contributed by atoms with Gasteiger partial charge >= 0.3 is 0 Å². The predicted molar refractivity (Wildman–Crippen MR) is 76.9 cm³/mol. The van der Waals surface area contributed by atoms with Crippen LogP contribution in [0.4, 0.5) is 11.6 Å². The highest BCUT2D eigenvalue weighted by molar-refractivity contribution is 7.10. The van der Waals surface area contributed by atoms with E-state index in [0.29, 0.717) is 18.1 Å². The molecule has 1 aliphatic heterocycles. The summed E-state index contributed by atoms with van der Waals surface area (Å²) in [6.45, 7) is 1.45. The summed E-state index contributed by atoms with van der Waals surface area (Å²) in [5, 5.41) is 11.9. The Morgan fingerprint density at radius 1 is 1.60 bits per heavy atom. The second-order valence-electron chi connectivity index (χ2n) is 4.74. The highest BCUT2D eigenvalue weighted by Crippen LogP contribution is 2.42. The summed E-state index contributed by atoms with van der Waals surface area (Å²) in [6.07, 6.45) is 0.367. The van der Waals surface area contributed by atoms with Gasteiger partial charge in [0, 0.05) is 36.8 Å². The van der Waals surface area contributed by atoms with Gasteiger partial charge in [-0.2, -0.15) is 5.10 Å². The number of nitrogens with one attached hydrogen (secondary N) is 2. The first-order valence-electron chi connectivity index (χ1n) is 6.24. The van der Waals surface area contributed by atoms with Crippen LogP contribution < -0.4 is 10.6 Å². The predicted octanol–water partition coefficient (Wildman–Crippen LogP) is 1.91. The molecule has 2 aromatic heterocycles. The van der Waals surface area contributed by atoms with Crippen LogP contribution in [-0.4, -0.2) is 21.6 Å². The maximum absolute atomic E-state index is 11.9. The van der Waals surface area contributed by atoms with Crippen LogP contribution in [0.15, 0.2) is 17.5 Å². The van der Waals surface area contributed by atoms with Gasteiger partial charge in [0.15, 0.2) is 5.82 Å². The molecule has 6 nitrogen and oxygen atoms in total. The van der Waals surface area contributed by atoms with E-state index in [9.17, 15) is 9.59 Å². The lowest BCUT2D eigenvalue weighted by Crippen LogP contribution is -2.24. The largest absolute Gasteiger partial charge is 0.311 e. The second-order valence-corrected chi connectivity index (χ2v) is 5.72. The van der Waals surface area contributed by atoms with Crippen molar-refractivity contribution in [3.63, 3.8) is 0 Å². The molecule has 0 bridgehead atoms. The number of nitrogens with zero attached hydrogens (tertiary/aromatic N) is 2. The molecule has 3 rings (SSSR count). The average Bonchev–Trinajstić information content (AvgIpc) is 2.98. The molecule has 2 amide bonds. The molecule has 20 heavy (non-hydrogen) atoms. The highest BCUT2D eigenvalue weighted by Gasteiger charge is 2.33. The normalized spacial score (nSPS) is 17.5. The van der Waals surface area contributed by atoms with Crippen LogP contribution in [0, 0.1) is 0 Å². The summed E-state index contributed by atoms with van der Waals surface area (Å²) in [5.74, 6) is 0.909. The fourth-order valence-corrected chi connectivity index (χ4v) is 3.32. The summed E-state index contributed by atoms with van der Waals surface area (Å²) in [7, 11) is 1.75. The van der Waals surface area contributed by atoms with Gasteiger partial charge in [0.2, 0.25) is 11.8 Å². The van der Waals surface area contributed by atoms with Crippen LogP contribution in [0.3, 0.4) is 0 Å². The molecule has 2 N–H and O–H groups in total. The van der Waals surface area contributed by atoms with E-state index in [1.54, 1.807) is 23.1 Å². The number of carbonyl (C=O) groups is 2. The minimum atomic E-state index is -0.173. The number of thiophene rings is 1. The van der Waals surface area contributed by atoms with E-state index in [2.05, 4.69) is 15.7 Å². The van der Waals surface area contributed by atoms with E-state index >= 15 is 0 Å². The number of rotatable bonds is 2. The lowest BCUT2D eigenvalue weighted by molar-refractivity contribution is -0.116. The maximum atomic E-state index is 11.9. The summed E-state index contributed by atoms with van der Waals surface area (Å²) in [5.41, 5.74) is 0.879. The van der Waals surface area contributed by atoms with Gasteiger partial charge in [-0.1, -0.05) is 6.07 Å². The molecule has 0 aliphatic carbocycles. The molecule has 2 aromatic rings. The SMILES string of the molecule is CC(=O)Nc1nn(C)c2c1[C@H](c1cccs1)CC(=O)N2. The monoisotopic (exact) mass is 290 g/mol. The molecule has 0 aromatic carbocycles. The number of hydrogen-bond donors (Lipinski definition) is 2. The zero-order chi connectivity index (χ0) is 14.3. The fraction of sp³-hybridized carbons (Fsp3) is 0.308. The average molecular weight is 290 g/mol. The molecule has 3 heterocycles. The molecule has 1 aliphatic rings. The molecule has 0 saturated carbocycles. The highest BCUT2D eigenvalue weighted by atomic mass is 32.1. The Morgan fingerprint density at radius 2 is 2.40 bits per heavy atom. The van der Waals surface area contributed by atoms with Crippen molar-refractivity contribution in [2.75, 3.05) is 10.6 Å². The molecule has 0 radical (unpaired) electrons. The van der Waals surface area contributed by atoms with Gasteiger partial charge in [0.05, 0.1) is 0 Å². The van der Waals surface area contributed by atoms with E-state index in [1.807, 2.05) is 17.5 Å². The Labute approximate surface area is 119 Å². The number of fused-ring (bicyclic) bond motifs is 1. The first-order valence-corrected chi connectivity index (χ1v) is 7.12. The first kappa shape index (κ1) is 12.9. The van der Waals surface area contributed by atoms with E-state index < -0.39 is 0 Å². The Kier molecular flexibility index (Phi) is 3.06. The zero-order valence-corrected chi connectivity index (χ0v) is 12.0. The topological polar surface area (TPSA) is 76.0 Å². The maximum Gasteiger partial charge on any atom is 0.226 e. The molecular weight excluding hydrogens is 276 g/mol. The number of carbonyl (C=O) groups excluding carboxylic acids is 2. The number of hydrogen-bond acceptors (Lipinski definition) is 4. The van der Waals surface area contributed by atoms with Gasteiger partial charge < -0.3 is 10.6 Å². The van der Waals surface area contributed by atoms with Crippen LogP contribution in [0.25, 0.3) is 0 Å². The minimum Gasteiger partial charge on any atom is -0.311 e. The molecular formula is C13H14N4O2S. The molecule has 1 atom stereocenters. The number of aromatic nitrogens is 2. The fourth-order valence-electron chi connectivity index (χ4n) is 2.48. The van der Waals surface area contributed by atoms with Crippen molar-refractivity contribution in [2.24, 2.45) is 7.05 Å². The second kappa shape index (κ2) is 4.75. The molecule has 0 saturated heterocycles. The summed E-state index contributed by atoms with van der Waals surface area (Å²) in [6, 6.07) is 3.96. The molecule has 104 valence electrons. The smallest absolute Gasteiger partial charge is 0.226 e. The van der Waals surface area contributed by atoms with Crippen molar-refractivity contribution >= 4 is 34.8 Å². The van der Waals surface area contributed by atoms with Crippen molar-refractivity contribution < 1.29 is 9.59 Å². The summed E-state index contributed by atoms with van der Waals surface area (Å²) < 4.78 is 1.60. The first-order chi connectivity index (χ1) is 9.56. The summed E-state index contributed by atoms with van der Waals surface area (Å²) in [4.78, 5) is 24.3. The quantitative estimate of drug-likeness (QED) is 0.887. The van der Waals surface area contributed by atoms with E-state index in [4.69, 9.17) is 0 Å². The van der Waals surface area contributed by atoms with Crippen molar-refractivity contribution in [2.45, 2.75) is 19.3 Å². The van der Waals surface area contributed by atoms with Crippen LogP contribution in [0.2, 0.25) is 0 Å². The van der Waals surface area contributed by atoms with Crippen LogP contribution in [-0.2, 0) is 16.6 Å². The van der Waals surface area contributed by atoms with E-state index in [1.165, 1.54) is 6.92 Å². The molecule has 0 fully saturated rings. The minimum absolute atomic E-state index is 0.0340. The molecule has 0 spiro atoms. The third-order valence-corrected chi connectivity index (χ3v) is 4.25. The van der Waals surface area contributed by atoms with Gasteiger partial charge in [-0.15, -0.1) is 11.3 Å². The third-order valence-electron chi connectivity index (χ3n) is 3.26. The van der Waals surface area contributed by atoms with Crippen LogP contribution >= 0.6 is 11.3 Å². The van der Waals surface area contributed by atoms with Gasteiger partial charge in [0.1, 0.15) is 5.82 Å². The van der Waals surface area contributed by atoms with E-state index in [0.717, 1.165) is 10.4 Å². The van der Waals surface area contributed by atoms with Gasteiger partial charge in [0.25, 0.3) is 0 Å². The van der Waals surface area contributed by atoms with Crippen molar-refractivity contribution in [3.05, 3.63) is 28.0 Å². The lowest BCUT2D eigenvalue weighted by Gasteiger charge is -2.22. The summed E-state index contributed by atoms with van der Waals surface area (Å²) >= 11 is 1.60. The molecule has 7 heteroatoms. The number of aryl methyl sites for hydroxylation is 1. The zero-order valence-electron chi connectivity index (χ0n) is 11.1. The number of amides is 2. The van der Waals surface area contributed by atoms with Gasteiger partial charge in [-0.25, -0.2) is 0 Å². The Hall–Kier alpha value is -2.15. The van der Waals surface area contributed by atoms with Crippen molar-refractivity contribution in [1.82, 2.24) is 9.78 Å². The Balaban J connectivity index is 2.13. The van der Waals surface area contributed by atoms with E-state index in [-0.39, 0.29) is 17.7 Å². The Bertz CT molecular complexity index is 675. The van der Waals surface area contributed by atoms with Gasteiger partial charge in [-0.05, 0) is 11.4 Å². The lowest BCUT2D eigenvalue weighted by atomic mass is 9.92. The standard InChI is InChI=1S/C13H14N4O2S/c1-7(18)14-12-11-8(9-4-3-5-20-9)6-10(19)15-13(11)17(2)16-12/h3-5,8H,6H2,1-2H3,(H,15,19)(H,14,16,18)/t8-/m0/s1. The number of anilines is 2. The van der Waals surface area contributed by atoms with Crippen LogP contribution in [0.1, 0.15) is 29.7 Å². The Morgan fingerprint density at radius 3 is 3.05 bits per heavy atom. The van der Waals surface area contributed by atoms with Crippen molar-refractivity contribution in [3.8, 4) is 0 Å². The van der Waals surface area contributed by atoms with Crippen molar-refractivity contribution in [1.29, 1.82) is 0 Å².